The first-order chi connectivity index (χ1) is 11.3. The highest BCUT2D eigenvalue weighted by atomic mass is 19.5. The van der Waals surface area contributed by atoms with Gasteiger partial charge in [-0.3, -0.25) is 0 Å². The summed E-state index contributed by atoms with van der Waals surface area (Å²) < 4.78 is 43.3. The molecule has 126 valence electrons. The van der Waals surface area contributed by atoms with E-state index in [2.05, 4.69) is 90.2 Å². The molecule has 1 heterocycles. The molecular formula is C17H17BF4N2. The quantitative estimate of drug-likeness (QED) is 0.365. The molecule has 0 saturated carbocycles. The zero-order valence-corrected chi connectivity index (χ0v) is 13.3. The van der Waals surface area contributed by atoms with E-state index in [1.807, 2.05) is 0 Å². The average molecular weight is 336 g/mol. The SMILES string of the molecule is Cc1ccccc1-n1cc[n+](-c2ccccc2C)c1.F[B-](F)(F)F. The smallest absolute Gasteiger partial charge is 0.418 e. The molecular weight excluding hydrogens is 319 g/mol. The lowest BCUT2D eigenvalue weighted by Crippen LogP contribution is -2.28. The minimum absolute atomic E-state index is 1.22. The van der Waals surface area contributed by atoms with Crippen molar-refractivity contribution in [2.45, 2.75) is 13.8 Å². The van der Waals surface area contributed by atoms with Crippen LogP contribution in [0.25, 0.3) is 11.4 Å². The first kappa shape index (κ1) is 17.8. The van der Waals surface area contributed by atoms with E-state index in [1.54, 1.807) is 0 Å². The van der Waals surface area contributed by atoms with Crippen molar-refractivity contribution in [1.29, 1.82) is 0 Å². The summed E-state index contributed by atoms with van der Waals surface area (Å²) in [6.45, 7) is 4.26. The summed E-state index contributed by atoms with van der Waals surface area (Å²) in [6, 6.07) is 16.8. The maximum absolute atomic E-state index is 9.75. The van der Waals surface area contributed by atoms with E-state index in [-0.39, 0.29) is 0 Å². The van der Waals surface area contributed by atoms with E-state index in [9.17, 15) is 17.3 Å². The van der Waals surface area contributed by atoms with Gasteiger partial charge in [0, 0.05) is 0 Å². The molecule has 3 rings (SSSR count). The molecule has 2 nitrogen and oxygen atoms in total. The molecule has 0 spiro atoms. The van der Waals surface area contributed by atoms with Crippen LogP contribution in [0.3, 0.4) is 0 Å². The highest BCUT2D eigenvalue weighted by Crippen LogP contribution is 2.13. The van der Waals surface area contributed by atoms with Gasteiger partial charge < -0.3 is 17.3 Å². The largest absolute Gasteiger partial charge is 0.673 e. The van der Waals surface area contributed by atoms with Crippen LogP contribution < -0.4 is 4.57 Å². The van der Waals surface area contributed by atoms with Crippen LogP contribution in [0, 0.1) is 13.8 Å². The molecule has 0 amide bonds. The van der Waals surface area contributed by atoms with Gasteiger partial charge in [-0.25, -0.2) is 9.13 Å². The van der Waals surface area contributed by atoms with Gasteiger partial charge in [0.15, 0.2) is 0 Å². The molecule has 0 radical (unpaired) electrons. The third kappa shape index (κ3) is 4.98. The van der Waals surface area contributed by atoms with Crippen molar-refractivity contribution in [3.8, 4) is 11.4 Å². The highest BCUT2D eigenvalue weighted by Gasteiger charge is 2.20. The fourth-order valence-electron chi connectivity index (χ4n) is 2.35. The molecule has 3 aromatic rings. The van der Waals surface area contributed by atoms with Crippen LogP contribution >= 0.6 is 0 Å². The molecule has 0 aliphatic heterocycles. The van der Waals surface area contributed by atoms with Crippen molar-refractivity contribution in [2.75, 3.05) is 0 Å². The maximum Gasteiger partial charge on any atom is 0.673 e. The van der Waals surface area contributed by atoms with Gasteiger partial charge in [-0.15, -0.1) is 0 Å². The van der Waals surface area contributed by atoms with E-state index in [0.29, 0.717) is 0 Å². The van der Waals surface area contributed by atoms with Crippen molar-refractivity contribution >= 4 is 7.25 Å². The second-order valence-electron chi connectivity index (χ2n) is 5.30. The molecule has 0 unspecified atom stereocenters. The monoisotopic (exact) mass is 336 g/mol. The maximum atomic E-state index is 9.75. The summed E-state index contributed by atoms with van der Waals surface area (Å²) >= 11 is 0. The number of hydrogen-bond donors (Lipinski definition) is 0. The van der Waals surface area contributed by atoms with Crippen LogP contribution in [0.1, 0.15) is 11.1 Å². The van der Waals surface area contributed by atoms with Gasteiger partial charge >= 0.3 is 7.25 Å². The first-order valence-corrected chi connectivity index (χ1v) is 7.34. The number of aryl methyl sites for hydroxylation is 2. The summed E-state index contributed by atoms with van der Waals surface area (Å²) in [7, 11) is -6.00. The molecule has 0 fully saturated rings. The molecule has 0 bridgehead atoms. The van der Waals surface area contributed by atoms with Crippen molar-refractivity contribution < 1.29 is 21.8 Å². The molecule has 0 aliphatic rings. The summed E-state index contributed by atoms with van der Waals surface area (Å²) in [6.07, 6.45) is 6.30. The van der Waals surface area contributed by atoms with Crippen molar-refractivity contribution in [3.05, 3.63) is 78.4 Å². The topological polar surface area (TPSA) is 8.81 Å². The molecule has 1 aromatic heterocycles. The number of halogens is 4. The molecule has 0 N–H and O–H groups in total. The molecule has 7 heteroatoms. The Balaban J connectivity index is 0.000000368. The third-order valence-electron chi connectivity index (χ3n) is 3.42. The lowest BCUT2D eigenvalue weighted by molar-refractivity contribution is -0.595. The Kier molecular flexibility index (Phi) is 5.44. The van der Waals surface area contributed by atoms with Crippen LogP contribution in [-0.2, 0) is 0 Å². The van der Waals surface area contributed by atoms with Gasteiger partial charge in [0.05, 0.1) is 0 Å². The summed E-state index contributed by atoms with van der Waals surface area (Å²) in [5.41, 5.74) is 4.98. The van der Waals surface area contributed by atoms with Gasteiger partial charge in [-0.1, -0.05) is 36.4 Å². The van der Waals surface area contributed by atoms with Crippen LogP contribution in [0.4, 0.5) is 17.3 Å². The summed E-state index contributed by atoms with van der Waals surface area (Å²) in [4.78, 5) is 0. The molecule has 0 atom stereocenters. The van der Waals surface area contributed by atoms with Crippen LogP contribution in [0.15, 0.2) is 67.3 Å². The lowest BCUT2D eigenvalue weighted by Gasteiger charge is -2.01. The zero-order chi connectivity index (χ0) is 17.7. The minimum Gasteiger partial charge on any atom is -0.418 e. The molecule has 0 aliphatic carbocycles. The first-order valence-electron chi connectivity index (χ1n) is 7.34. The summed E-state index contributed by atoms with van der Waals surface area (Å²) in [5.74, 6) is 0. The Bertz CT molecular complexity index is 746. The van der Waals surface area contributed by atoms with E-state index in [0.717, 1.165) is 0 Å². The molecule has 24 heavy (non-hydrogen) atoms. The van der Waals surface area contributed by atoms with E-state index in [1.165, 1.54) is 22.5 Å². The molecule has 0 saturated heterocycles. The summed E-state index contributed by atoms with van der Waals surface area (Å²) in [5, 5.41) is 0. The number of para-hydroxylation sites is 2. The van der Waals surface area contributed by atoms with E-state index in [4.69, 9.17) is 0 Å². The van der Waals surface area contributed by atoms with Gasteiger partial charge in [-0.05, 0) is 37.1 Å². The fourth-order valence-corrected chi connectivity index (χ4v) is 2.35. The van der Waals surface area contributed by atoms with Gasteiger partial charge in [0.25, 0.3) is 6.33 Å². The standard InChI is InChI=1S/C17H17N2.BF4/c1-14-7-3-5-9-16(14)18-11-12-19(13-18)17-10-6-4-8-15(17)2;2-1(3,4)5/h3-13H,1-2H3;/q+1;-1. The van der Waals surface area contributed by atoms with E-state index >= 15 is 0 Å². The average Bonchev–Trinajstić information content (AvgIpc) is 2.96. The van der Waals surface area contributed by atoms with Crippen LogP contribution in [0.5, 0.6) is 0 Å². The number of hydrogen-bond acceptors (Lipinski definition) is 0. The number of aromatic nitrogens is 2. The second kappa shape index (κ2) is 7.34. The van der Waals surface area contributed by atoms with Crippen molar-refractivity contribution in [2.24, 2.45) is 0 Å². The van der Waals surface area contributed by atoms with E-state index < -0.39 is 7.25 Å². The normalized spacial score (nSPS) is 10.9. The fraction of sp³-hybridized carbons (Fsp3) is 0.118. The third-order valence-corrected chi connectivity index (χ3v) is 3.42. The number of benzene rings is 2. The number of nitrogens with zero attached hydrogens (tertiary/aromatic N) is 2. The highest BCUT2D eigenvalue weighted by molar-refractivity contribution is 6.50. The predicted molar refractivity (Wildman–Crippen MR) is 87.0 cm³/mol. The number of imidazole rings is 1. The zero-order valence-electron chi connectivity index (χ0n) is 13.3. The predicted octanol–water partition coefficient (Wildman–Crippen LogP) is 4.67. The Morgan fingerprint density at radius 2 is 1.38 bits per heavy atom. The van der Waals surface area contributed by atoms with Gasteiger partial charge in [-0.2, -0.15) is 0 Å². The Morgan fingerprint density at radius 1 is 0.833 bits per heavy atom. The van der Waals surface area contributed by atoms with Crippen LogP contribution in [-0.4, -0.2) is 11.8 Å². The Hall–Kier alpha value is -2.57. The van der Waals surface area contributed by atoms with Crippen molar-refractivity contribution in [3.63, 3.8) is 0 Å². The minimum atomic E-state index is -6.00. The Morgan fingerprint density at radius 3 is 1.96 bits per heavy atom. The van der Waals surface area contributed by atoms with Crippen molar-refractivity contribution in [1.82, 2.24) is 4.57 Å². The van der Waals surface area contributed by atoms with Crippen LogP contribution in [0.2, 0.25) is 0 Å². The number of rotatable bonds is 2. The Labute approximate surface area is 138 Å². The second-order valence-corrected chi connectivity index (χ2v) is 5.30. The van der Waals surface area contributed by atoms with Gasteiger partial charge in [0.2, 0.25) is 0 Å². The van der Waals surface area contributed by atoms with Gasteiger partial charge in [0.1, 0.15) is 23.8 Å². The molecule has 2 aromatic carbocycles. The lowest BCUT2D eigenvalue weighted by atomic mass is 10.2.